The Hall–Kier alpha value is -1.56. The fourth-order valence-electron chi connectivity index (χ4n) is 2.03. The molecule has 0 radical (unpaired) electrons. The van der Waals surface area contributed by atoms with Gasteiger partial charge in [0.05, 0.1) is 5.69 Å². The lowest BCUT2D eigenvalue weighted by molar-refractivity contribution is 0.252. The summed E-state index contributed by atoms with van der Waals surface area (Å²) in [7, 11) is 1.88. The second kappa shape index (κ2) is 6.74. The predicted molar refractivity (Wildman–Crippen MR) is 78.2 cm³/mol. The molecule has 0 aliphatic carbocycles. The number of aromatic nitrogens is 2. The fraction of sp³-hybridized carbons (Fsp3) is 0.357. The van der Waals surface area contributed by atoms with Crippen LogP contribution in [0.5, 0.6) is 0 Å². The average molecular weight is 297 g/mol. The van der Waals surface area contributed by atoms with Gasteiger partial charge in [0, 0.05) is 35.9 Å². The van der Waals surface area contributed by atoms with Crippen molar-refractivity contribution in [1.29, 1.82) is 0 Å². The van der Waals surface area contributed by atoms with Crippen molar-refractivity contribution in [2.45, 2.75) is 30.5 Å². The van der Waals surface area contributed by atoms with Gasteiger partial charge in [-0.05, 0) is 18.6 Å². The lowest BCUT2D eigenvalue weighted by Gasteiger charge is -2.11. The number of nitrogens with one attached hydrogen (secondary N) is 1. The highest BCUT2D eigenvalue weighted by Gasteiger charge is 2.10. The Morgan fingerprint density at radius 1 is 1.35 bits per heavy atom. The summed E-state index contributed by atoms with van der Waals surface area (Å²) in [5, 5.41) is 7.58. The van der Waals surface area contributed by atoms with Crippen LogP contribution < -0.4 is 5.32 Å². The summed E-state index contributed by atoms with van der Waals surface area (Å²) in [6, 6.07) is 7.11. The van der Waals surface area contributed by atoms with Crippen LogP contribution in [0, 0.1) is 0 Å². The van der Waals surface area contributed by atoms with Crippen LogP contribution >= 0.6 is 11.8 Å². The van der Waals surface area contributed by atoms with E-state index in [0.29, 0.717) is 23.2 Å². The number of para-hydroxylation sites is 1. The first-order valence-electron chi connectivity index (χ1n) is 6.39. The Kier molecular flexibility index (Phi) is 5.00. The van der Waals surface area contributed by atoms with Gasteiger partial charge in [-0.2, -0.15) is 13.9 Å². The van der Waals surface area contributed by atoms with Gasteiger partial charge in [0.1, 0.15) is 0 Å². The zero-order chi connectivity index (χ0) is 14.5. The molecule has 0 unspecified atom stereocenters. The topological polar surface area (TPSA) is 29.9 Å². The van der Waals surface area contributed by atoms with Crippen LogP contribution in [-0.4, -0.2) is 15.5 Å². The summed E-state index contributed by atoms with van der Waals surface area (Å²) in [6.45, 7) is 2.63. The highest BCUT2D eigenvalue weighted by atomic mass is 32.2. The largest absolute Gasteiger partial charge is 0.380 e. The summed E-state index contributed by atoms with van der Waals surface area (Å²) >= 11 is 0.559. The Labute approximate surface area is 121 Å². The number of hydrogen-bond acceptors (Lipinski definition) is 3. The number of benzene rings is 1. The van der Waals surface area contributed by atoms with Gasteiger partial charge in [0.15, 0.2) is 0 Å². The quantitative estimate of drug-likeness (QED) is 0.820. The maximum Gasteiger partial charge on any atom is 0.288 e. The Bertz CT molecular complexity index is 569. The van der Waals surface area contributed by atoms with Gasteiger partial charge in [-0.3, -0.25) is 4.68 Å². The smallest absolute Gasteiger partial charge is 0.288 e. The van der Waals surface area contributed by atoms with Gasteiger partial charge >= 0.3 is 0 Å². The molecular formula is C14H17F2N3S. The normalized spacial score (nSPS) is 11.1. The lowest BCUT2D eigenvalue weighted by atomic mass is 10.2. The Balaban J connectivity index is 2.10. The van der Waals surface area contributed by atoms with Crippen LogP contribution in [-0.2, 0) is 20.0 Å². The molecule has 1 heterocycles. The molecule has 0 aliphatic rings. The van der Waals surface area contributed by atoms with E-state index < -0.39 is 5.76 Å². The number of rotatable bonds is 6. The van der Waals surface area contributed by atoms with Gasteiger partial charge in [-0.15, -0.1) is 0 Å². The Morgan fingerprint density at radius 3 is 2.80 bits per heavy atom. The van der Waals surface area contributed by atoms with E-state index in [0.717, 1.165) is 23.4 Å². The van der Waals surface area contributed by atoms with E-state index in [1.54, 1.807) is 16.8 Å². The summed E-state index contributed by atoms with van der Waals surface area (Å²) in [4.78, 5) is 0.560. The summed E-state index contributed by atoms with van der Waals surface area (Å²) < 4.78 is 26.8. The highest BCUT2D eigenvalue weighted by Crippen LogP contribution is 2.31. The first-order chi connectivity index (χ1) is 9.60. The minimum atomic E-state index is -2.41. The van der Waals surface area contributed by atoms with Crippen LogP contribution in [0.3, 0.4) is 0 Å². The zero-order valence-electron chi connectivity index (χ0n) is 11.4. The number of aryl methyl sites for hydroxylation is 2. The van der Waals surface area contributed by atoms with Crippen molar-refractivity contribution in [1.82, 2.24) is 9.78 Å². The first-order valence-corrected chi connectivity index (χ1v) is 7.27. The number of thioether (sulfide) groups is 1. The molecule has 3 nitrogen and oxygen atoms in total. The molecule has 20 heavy (non-hydrogen) atoms. The molecule has 2 aromatic rings. The lowest BCUT2D eigenvalue weighted by Crippen LogP contribution is -2.02. The molecule has 0 amide bonds. The van der Waals surface area contributed by atoms with Crippen LogP contribution in [0.2, 0.25) is 0 Å². The number of nitrogens with zero attached hydrogens (tertiary/aromatic N) is 2. The van der Waals surface area contributed by atoms with Crippen molar-refractivity contribution in [3.8, 4) is 0 Å². The van der Waals surface area contributed by atoms with Gasteiger partial charge in [0.2, 0.25) is 0 Å². The van der Waals surface area contributed by atoms with Crippen LogP contribution in [0.4, 0.5) is 14.5 Å². The second-order valence-corrected chi connectivity index (χ2v) is 5.39. The summed E-state index contributed by atoms with van der Waals surface area (Å²) in [5.41, 5.74) is 2.84. The van der Waals surface area contributed by atoms with Crippen molar-refractivity contribution in [3.63, 3.8) is 0 Å². The van der Waals surface area contributed by atoms with Gasteiger partial charge in [0.25, 0.3) is 5.76 Å². The number of alkyl halides is 2. The van der Waals surface area contributed by atoms with Crippen molar-refractivity contribution in [2.24, 2.45) is 7.05 Å². The van der Waals surface area contributed by atoms with E-state index in [1.807, 2.05) is 32.3 Å². The molecule has 1 N–H and O–H groups in total. The van der Waals surface area contributed by atoms with E-state index >= 15 is 0 Å². The second-order valence-electron chi connectivity index (χ2n) is 4.36. The minimum absolute atomic E-state index is 0.559. The van der Waals surface area contributed by atoms with Crippen LogP contribution in [0.1, 0.15) is 18.2 Å². The van der Waals surface area contributed by atoms with E-state index in [9.17, 15) is 8.78 Å². The maximum absolute atomic E-state index is 12.5. The maximum atomic E-state index is 12.5. The van der Waals surface area contributed by atoms with E-state index in [2.05, 4.69) is 10.4 Å². The fourth-order valence-corrected chi connectivity index (χ4v) is 2.65. The third-order valence-electron chi connectivity index (χ3n) is 2.90. The molecule has 0 bridgehead atoms. The molecule has 108 valence electrons. The molecule has 0 atom stereocenters. The SMILES string of the molecule is CCc1nn(C)cc1CNc1ccccc1SC(F)F. The van der Waals surface area contributed by atoms with Gasteiger partial charge in [-0.25, -0.2) is 0 Å². The average Bonchev–Trinajstić information content (AvgIpc) is 2.77. The van der Waals surface area contributed by atoms with Gasteiger partial charge < -0.3 is 5.32 Å². The van der Waals surface area contributed by atoms with Crippen molar-refractivity contribution >= 4 is 17.4 Å². The molecule has 0 fully saturated rings. The van der Waals surface area contributed by atoms with Gasteiger partial charge in [-0.1, -0.05) is 30.8 Å². The highest BCUT2D eigenvalue weighted by molar-refractivity contribution is 7.99. The minimum Gasteiger partial charge on any atom is -0.380 e. The van der Waals surface area contributed by atoms with Crippen LogP contribution in [0.15, 0.2) is 35.4 Å². The van der Waals surface area contributed by atoms with E-state index in [4.69, 9.17) is 0 Å². The standard InChI is InChI=1S/C14H17F2N3S/c1-3-11-10(9-19(2)18-11)8-17-12-6-4-5-7-13(12)20-14(15)16/h4-7,9,14,17H,3,8H2,1-2H3. The molecular weight excluding hydrogens is 280 g/mol. The monoisotopic (exact) mass is 297 g/mol. The summed E-state index contributed by atoms with van der Waals surface area (Å²) in [5.74, 6) is -2.41. The Morgan fingerprint density at radius 2 is 2.10 bits per heavy atom. The third-order valence-corrected chi connectivity index (χ3v) is 3.69. The summed E-state index contributed by atoms with van der Waals surface area (Å²) in [6.07, 6.45) is 2.81. The zero-order valence-corrected chi connectivity index (χ0v) is 12.3. The predicted octanol–water partition coefficient (Wildman–Crippen LogP) is 3.91. The van der Waals surface area contributed by atoms with E-state index in [-0.39, 0.29) is 0 Å². The van der Waals surface area contributed by atoms with Crippen molar-refractivity contribution in [2.75, 3.05) is 5.32 Å². The number of halogens is 2. The molecule has 0 saturated heterocycles. The molecule has 0 aliphatic heterocycles. The molecule has 6 heteroatoms. The third kappa shape index (κ3) is 3.72. The molecule has 0 saturated carbocycles. The molecule has 0 spiro atoms. The first kappa shape index (κ1) is 14.8. The molecule has 2 rings (SSSR count). The number of hydrogen-bond donors (Lipinski definition) is 1. The number of anilines is 1. The molecule has 1 aromatic carbocycles. The van der Waals surface area contributed by atoms with Crippen LogP contribution in [0.25, 0.3) is 0 Å². The van der Waals surface area contributed by atoms with Crippen molar-refractivity contribution in [3.05, 3.63) is 41.7 Å². The molecule has 1 aromatic heterocycles. The van der Waals surface area contributed by atoms with E-state index in [1.165, 1.54) is 0 Å². The van der Waals surface area contributed by atoms with Crippen molar-refractivity contribution < 1.29 is 8.78 Å².